The molecule has 3 rings (SSSR count). The molecule has 1 aromatic rings. The minimum atomic E-state index is -0.648. The first-order valence-corrected chi connectivity index (χ1v) is 6.68. The van der Waals surface area contributed by atoms with Crippen LogP contribution in [-0.2, 0) is 17.8 Å². The van der Waals surface area contributed by atoms with Gasteiger partial charge >= 0.3 is 5.97 Å². The van der Waals surface area contributed by atoms with Gasteiger partial charge in [0.25, 0.3) is 0 Å². The van der Waals surface area contributed by atoms with Crippen LogP contribution in [0.25, 0.3) is 0 Å². The van der Waals surface area contributed by atoms with Crippen LogP contribution >= 0.6 is 0 Å². The number of hydrogen-bond acceptors (Lipinski definition) is 2. The SMILES string of the molecule is O=C(O)CC1(CN2CCc3ccccc3C2)CC1. The fourth-order valence-corrected chi connectivity index (χ4v) is 3.05. The van der Waals surface area contributed by atoms with Crippen LogP contribution in [0.1, 0.15) is 30.4 Å². The van der Waals surface area contributed by atoms with Gasteiger partial charge in [-0.1, -0.05) is 24.3 Å². The molecule has 0 aromatic heterocycles. The van der Waals surface area contributed by atoms with Crippen molar-refractivity contribution in [1.82, 2.24) is 4.90 Å². The topological polar surface area (TPSA) is 40.5 Å². The summed E-state index contributed by atoms with van der Waals surface area (Å²) in [5, 5.41) is 8.96. The average Bonchev–Trinajstić information content (AvgIpc) is 3.07. The standard InChI is InChI=1S/C15H19NO2/c17-14(18)9-15(6-7-15)11-16-8-5-12-3-1-2-4-13(12)10-16/h1-4H,5-11H2,(H,17,18). The summed E-state index contributed by atoms with van der Waals surface area (Å²) in [6.45, 7) is 3.00. The van der Waals surface area contributed by atoms with E-state index in [2.05, 4.69) is 29.2 Å². The Kier molecular flexibility index (Phi) is 2.86. The predicted molar refractivity (Wildman–Crippen MR) is 69.3 cm³/mol. The Hall–Kier alpha value is -1.35. The highest BCUT2D eigenvalue weighted by atomic mass is 16.4. The van der Waals surface area contributed by atoms with Gasteiger partial charge in [-0.05, 0) is 35.8 Å². The van der Waals surface area contributed by atoms with Gasteiger partial charge in [-0.3, -0.25) is 9.69 Å². The highest BCUT2D eigenvalue weighted by molar-refractivity contribution is 5.68. The number of hydrogen-bond donors (Lipinski definition) is 1. The van der Waals surface area contributed by atoms with Crippen molar-refractivity contribution in [3.05, 3.63) is 35.4 Å². The maximum atomic E-state index is 10.9. The van der Waals surface area contributed by atoms with Gasteiger partial charge in [0.2, 0.25) is 0 Å². The molecule has 0 amide bonds. The monoisotopic (exact) mass is 245 g/mol. The van der Waals surface area contributed by atoms with Gasteiger partial charge in [0.1, 0.15) is 0 Å². The molecule has 0 unspecified atom stereocenters. The molecule has 0 radical (unpaired) electrons. The van der Waals surface area contributed by atoms with Crippen LogP contribution in [0, 0.1) is 5.41 Å². The molecule has 3 heteroatoms. The number of nitrogens with zero attached hydrogens (tertiary/aromatic N) is 1. The molecule has 96 valence electrons. The number of aliphatic carboxylic acids is 1. The van der Waals surface area contributed by atoms with Gasteiger partial charge in [0, 0.05) is 19.6 Å². The Morgan fingerprint density at radius 1 is 1.28 bits per heavy atom. The van der Waals surface area contributed by atoms with Crippen molar-refractivity contribution in [2.24, 2.45) is 5.41 Å². The molecule has 0 bridgehead atoms. The highest BCUT2D eigenvalue weighted by Gasteiger charge is 2.45. The molecule has 18 heavy (non-hydrogen) atoms. The molecule has 1 aromatic carbocycles. The second-order valence-corrected chi connectivity index (χ2v) is 5.80. The molecule has 0 spiro atoms. The van der Waals surface area contributed by atoms with Crippen molar-refractivity contribution in [3.63, 3.8) is 0 Å². The minimum absolute atomic E-state index is 0.0815. The Morgan fingerprint density at radius 2 is 2.00 bits per heavy atom. The van der Waals surface area contributed by atoms with E-state index in [0.717, 1.165) is 38.9 Å². The zero-order valence-electron chi connectivity index (χ0n) is 10.6. The molecule has 1 aliphatic heterocycles. The molecule has 1 saturated carbocycles. The van der Waals surface area contributed by atoms with E-state index in [9.17, 15) is 4.79 Å². The Balaban J connectivity index is 1.65. The number of fused-ring (bicyclic) bond motifs is 1. The summed E-state index contributed by atoms with van der Waals surface area (Å²) in [7, 11) is 0. The van der Waals surface area contributed by atoms with Crippen molar-refractivity contribution < 1.29 is 9.90 Å². The lowest BCUT2D eigenvalue weighted by atomic mass is 9.96. The van der Waals surface area contributed by atoms with E-state index in [0.29, 0.717) is 6.42 Å². The second-order valence-electron chi connectivity index (χ2n) is 5.80. The molecular formula is C15H19NO2. The van der Waals surface area contributed by atoms with Crippen molar-refractivity contribution in [2.75, 3.05) is 13.1 Å². The number of rotatable bonds is 4. The van der Waals surface area contributed by atoms with E-state index >= 15 is 0 Å². The molecule has 1 heterocycles. The third-order valence-electron chi connectivity index (χ3n) is 4.25. The first-order valence-electron chi connectivity index (χ1n) is 6.68. The lowest BCUT2D eigenvalue weighted by molar-refractivity contribution is -0.138. The van der Waals surface area contributed by atoms with Crippen LogP contribution in [0.4, 0.5) is 0 Å². The smallest absolute Gasteiger partial charge is 0.303 e. The van der Waals surface area contributed by atoms with E-state index in [4.69, 9.17) is 5.11 Å². The molecule has 1 fully saturated rings. The first-order chi connectivity index (χ1) is 8.67. The highest BCUT2D eigenvalue weighted by Crippen LogP contribution is 2.49. The molecule has 0 atom stereocenters. The zero-order chi connectivity index (χ0) is 12.6. The van der Waals surface area contributed by atoms with E-state index in [1.807, 2.05) is 0 Å². The molecule has 1 N–H and O–H groups in total. The second kappa shape index (κ2) is 4.39. The van der Waals surface area contributed by atoms with Crippen LogP contribution in [0.3, 0.4) is 0 Å². The van der Waals surface area contributed by atoms with Gasteiger partial charge in [0.15, 0.2) is 0 Å². The summed E-state index contributed by atoms with van der Waals surface area (Å²) < 4.78 is 0. The normalized spacial score (nSPS) is 21.3. The quantitative estimate of drug-likeness (QED) is 0.885. The summed E-state index contributed by atoms with van der Waals surface area (Å²) in [4.78, 5) is 13.3. The van der Waals surface area contributed by atoms with Gasteiger partial charge in [0.05, 0.1) is 6.42 Å². The van der Waals surface area contributed by atoms with Crippen molar-refractivity contribution in [3.8, 4) is 0 Å². The summed E-state index contributed by atoms with van der Waals surface area (Å²) in [6, 6.07) is 8.59. The Morgan fingerprint density at radius 3 is 2.67 bits per heavy atom. The fourth-order valence-electron chi connectivity index (χ4n) is 3.05. The molecule has 1 aliphatic carbocycles. The van der Waals surface area contributed by atoms with Gasteiger partial charge in [-0.2, -0.15) is 0 Å². The molecule has 2 aliphatic rings. The number of carboxylic acids is 1. The third-order valence-corrected chi connectivity index (χ3v) is 4.25. The first kappa shape index (κ1) is 11.7. The number of carboxylic acid groups (broad SMARTS) is 1. The van der Waals surface area contributed by atoms with Crippen LogP contribution in [0.5, 0.6) is 0 Å². The molecule has 0 saturated heterocycles. The largest absolute Gasteiger partial charge is 0.481 e. The zero-order valence-corrected chi connectivity index (χ0v) is 10.6. The molecular weight excluding hydrogens is 226 g/mol. The Labute approximate surface area is 107 Å². The van der Waals surface area contributed by atoms with Crippen LogP contribution < -0.4 is 0 Å². The summed E-state index contributed by atoms with van der Waals surface area (Å²) in [5.74, 6) is -0.648. The van der Waals surface area contributed by atoms with E-state index in [1.165, 1.54) is 11.1 Å². The number of carbonyl (C=O) groups is 1. The fraction of sp³-hybridized carbons (Fsp3) is 0.533. The predicted octanol–water partition coefficient (Wildman–Crippen LogP) is 2.30. The Bertz CT molecular complexity index is 465. The maximum Gasteiger partial charge on any atom is 0.303 e. The van der Waals surface area contributed by atoms with Crippen LogP contribution in [-0.4, -0.2) is 29.1 Å². The van der Waals surface area contributed by atoms with Crippen LogP contribution in [0.2, 0.25) is 0 Å². The van der Waals surface area contributed by atoms with Crippen molar-refractivity contribution in [1.29, 1.82) is 0 Å². The average molecular weight is 245 g/mol. The van der Waals surface area contributed by atoms with Crippen LogP contribution in [0.15, 0.2) is 24.3 Å². The minimum Gasteiger partial charge on any atom is -0.481 e. The van der Waals surface area contributed by atoms with E-state index < -0.39 is 5.97 Å². The third kappa shape index (κ3) is 2.41. The van der Waals surface area contributed by atoms with Gasteiger partial charge in [-0.25, -0.2) is 0 Å². The maximum absolute atomic E-state index is 10.9. The lowest BCUT2D eigenvalue weighted by Gasteiger charge is -2.31. The molecule has 3 nitrogen and oxygen atoms in total. The summed E-state index contributed by atoms with van der Waals surface area (Å²) >= 11 is 0. The lowest BCUT2D eigenvalue weighted by Crippen LogP contribution is -2.36. The van der Waals surface area contributed by atoms with Gasteiger partial charge in [-0.15, -0.1) is 0 Å². The van der Waals surface area contributed by atoms with Gasteiger partial charge < -0.3 is 5.11 Å². The van der Waals surface area contributed by atoms with Crippen molar-refractivity contribution >= 4 is 5.97 Å². The van der Waals surface area contributed by atoms with E-state index in [1.54, 1.807) is 0 Å². The summed E-state index contributed by atoms with van der Waals surface area (Å²) in [6.07, 6.45) is 3.60. The summed E-state index contributed by atoms with van der Waals surface area (Å²) in [5.41, 5.74) is 2.95. The number of benzene rings is 1. The van der Waals surface area contributed by atoms with E-state index in [-0.39, 0.29) is 5.41 Å². The van der Waals surface area contributed by atoms with Crippen molar-refractivity contribution in [2.45, 2.75) is 32.2 Å².